The molecule has 0 atom stereocenters. The van der Waals surface area contributed by atoms with Crippen LogP contribution in [0.25, 0.3) is 0 Å². The van der Waals surface area contributed by atoms with Crippen LogP contribution in [0, 0.1) is 12.8 Å². The largest absolute Gasteiger partial charge is 0.490 e. The van der Waals surface area contributed by atoms with Gasteiger partial charge in [0, 0.05) is 37.4 Å². The number of nitrogens with zero attached hydrogens (tertiary/aromatic N) is 2. The van der Waals surface area contributed by atoms with E-state index in [4.69, 9.17) is 9.90 Å². The molecule has 0 aromatic heterocycles. The molecule has 1 amide bonds. The Kier molecular flexibility index (Phi) is 11.2. The van der Waals surface area contributed by atoms with E-state index in [0.29, 0.717) is 5.56 Å². The predicted octanol–water partition coefficient (Wildman–Crippen LogP) is 5.97. The summed E-state index contributed by atoms with van der Waals surface area (Å²) in [6.07, 6.45) is 3.35. The van der Waals surface area contributed by atoms with Crippen LogP contribution in [0.15, 0.2) is 48.5 Å². The number of carbonyl (C=O) groups excluding carboxylic acids is 1. The predicted molar refractivity (Wildman–Crippen MR) is 142 cm³/mol. The third-order valence-electron chi connectivity index (χ3n) is 7.10. The molecule has 0 unspecified atom stereocenters. The molecule has 1 aliphatic carbocycles. The summed E-state index contributed by atoms with van der Waals surface area (Å²) in [6, 6.07) is 16.0. The lowest BCUT2D eigenvalue weighted by Gasteiger charge is -2.29. The van der Waals surface area contributed by atoms with Crippen LogP contribution in [0.1, 0.15) is 60.0 Å². The van der Waals surface area contributed by atoms with Gasteiger partial charge in [-0.25, -0.2) is 4.79 Å². The standard InChI is InChI=1S/C27H37N3O.C2HF3O2/c1-22-8-14-26(15-9-22)28-27(31)25-12-10-24(11-13-25)21-30-17-5-16-29(18-19-30)20-23-6-3-2-4-7-23;3-2(4,5)1(6)7/h8-15,23H,2-7,16-21H2,1H3,(H,28,31);(H,6,7). The number of rotatable bonds is 6. The van der Waals surface area contributed by atoms with E-state index in [9.17, 15) is 18.0 Å². The van der Waals surface area contributed by atoms with Crippen LogP contribution in [0.4, 0.5) is 18.9 Å². The van der Waals surface area contributed by atoms with Crippen LogP contribution in [-0.4, -0.2) is 65.7 Å². The van der Waals surface area contributed by atoms with E-state index in [-0.39, 0.29) is 5.91 Å². The van der Waals surface area contributed by atoms with Crippen molar-refractivity contribution in [1.29, 1.82) is 0 Å². The Labute approximate surface area is 222 Å². The average Bonchev–Trinajstić information content (AvgIpc) is 3.11. The number of nitrogens with one attached hydrogen (secondary N) is 1. The van der Waals surface area contributed by atoms with Gasteiger partial charge in [0.25, 0.3) is 5.91 Å². The summed E-state index contributed by atoms with van der Waals surface area (Å²) in [5.74, 6) is -1.88. The van der Waals surface area contributed by atoms with E-state index in [0.717, 1.165) is 31.2 Å². The molecule has 1 aliphatic heterocycles. The summed E-state index contributed by atoms with van der Waals surface area (Å²) in [6.45, 7) is 9.05. The highest BCUT2D eigenvalue weighted by Crippen LogP contribution is 2.25. The SMILES string of the molecule is Cc1ccc(NC(=O)c2ccc(CN3CCCN(CC4CCCCC4)CC3)cc2)cc1.O=C(O)C(F)(F)F. The maximum Gasteiger partial charge on any atom is 0.490 e. The van der Waals surface area contributed by atoms with Gasteiger partial charge in [-0.15, -0.1) is 0 Å². The molecule has 208 valence electrons. The van der Waals surface area contributed by atoms with Crippen molar-refractivity contribution in [3.8, 4) is 0 Å². The highest BCUT2D eigenvalue weighted by molar-refractivity contribution is 6.04. The maximum atomic E-state index is 12.5. The van der Waals surface area contributed by atoms with Crippen molar-refractivity contribution in [1.82, 2.24) is 9.80 Å². The van der Waals surface area contributed by atoms with Crippen LogP contribution >= 0.6 is 0 Å². The Morgan fingerprint density at radius 3 is 2.05 bits per heavy atom. The zero-order chi connectivity index (χ0) is 27.5. The molecule has 2 aliphatic rings. The second kappa shape index (κ2) is 14.3. The quantitative estimate of drug-likeness (QED) is 0.479. The third-order valence-corrected chi connectivity index (χ3v) is 7.10. The molecule has 1 saturated heterocycles. The molecule has 0 spiro atoms. The van der Waals surface area contributed by atoms with Gasteiger partial charge in [-0.3, -0.25) is 9.69 Å². The molecular weight excluding hydrogens is 495 g/mol. The van der Waals surface area contributed by atoms with Crippen LogP contribution in [0.3, 0.4) is 0 Å². The number of carbonyl (C=O) groups is 2. The Morgan fingerprint density at radius 1 is 0.868 bits per heavy atom. The van der Waals surface area contributed by atoms with E-state index in [1.54, 1.807) is 0 Å². The molecule has 1 heterocycles. The summed E-state index contributed by atoms with van der Waals surface area (Å²) in [5, 5.41) is 10.1. The Morgan fingerprint density at radius 2 is 1.45 bits per heavy atom. The summed E-state index contributed by atoms with van der Waals surface area (Å²) in [7, 11) is 0. The first-order valence-corrected chi connectivity index (χ1v) is 13.3. The number of hydrogen-bond acceptors (Lipinski definition) is 4. The van der Waals surface area contributed by atoms with E-state index >= 15 is 0 Å². The minimum Gasteiger partial charge on any atom is -0.475 e. The molecule has 38 heavy (non-hydrogen) atoms. The lowest BCUT2D eigenvalue weighted by molar-refractivity contribution is -0.192. The zero-order valence-corrected chi connectivity index (χ0v) is 22.0. The first-order chi connectivity index (χ1) is 18.1. The minimum atomic E-state index is -5.08. The second-order valence-electron chi connectivity index (χ2n) is 10.3. The van der Waals surface area contributed by atoms with Crippen LogP contribution in [0.5, 0.6) is 0 Å². The first kappa shape index (κ1) is 29.6. The van der Waals surface area contributed by atoms with Gasteiger partial charge >= 0.3 is 12.1 Å². The molecule has 2 N–H and O–H groups in total. The fourth-order valence-corrected chi connectivity index (χ4v) is 4.96. The second-order valence-corrected chi connectivity index (χ2v) is 10.3. The normalized spacial score (nSPS) is 17.7. The fourth-order valence-electron chi connectivity index (χ4n) is 4.96. The number of amides is 1. The van der Waals surface area contributed by atoms with Crippen LogP contribution in [0.2, 0.25) is 0 Å². The summed E-state index contributed by atoms with van der Waals surface area (Å²) in [5.41, 5.74) is 4.02. The van der Waals surface area contributed by atoms with Crippen molar-refractivity contribution >= 4 is 17.6 Å². The fraction of sp³-hybridized carbons (Fsp3) is 0.517. The number of alkyl halides is 3. The van der Waals surface area contributed by atoms with E-state index in [1.807, 2.05) is 43.3 Å². The van der Waals surface area contributed by atoms with Gasteiger partial charge < -0.3 is 15.3 Å². The molecule has 1 saturated carbocycles. The van der Waals surface area contributed by atoms with E-state index in [1.165, 1.54) is 69.3 Å². The van der Waals surface area contributed by atoms with Gasteiger partial charge in [0.05, 0.1) is 0 Å². The number of carboxylic acid groups (broad SMARTS) is 1. The highest BCUT2D eigenvalue weighted by atomic mass is 19.4. The number of hydrogen-bond donors (Lipinski definition) is 2. The molecule has 9 heteroatoms. The van der Waals surface area contributed by atoms with Crippen molar-refractivity contribution in [2.24, 2.45) is 5.92 Å². The Balaban J connectivity index is 0.000000505. The molecular formula is C29H38F3N3O3. The number of halogens is 3. The molecule has 0 radical (unpaired) electrons. The Bertz CT molecular complexity index is 1020. The molecule has 6 nitrogen and oxygen atoms in total. The third kappa shape index (κ3) is 10.1. The van der Waals surface area contributed by atoms with Gasteiger partial charge in [-0.1, -0.05) is 49.1 Å². The van der Waals surface area contributed by atoms with Crippen LogP contribution in [-0.2, 0) is 11.3 Å². The van der Waals surface area contributed by atoms with E-state index in [2.05, 4.69) is 27.2 Å². The summed E-state index contributed by atoms with van der Waals surface area (Å²) < 4.78 is 31.7. The van der Waals surface area contributed by atoms with Gasteiger partial charge in [0.2, 0.25) is 0 Å². The van der Waals surface area contributed by atoms with Crippen LogP contribution < -0.4 is 5.32 Å². The number of carboxylic acids is 1. The number of benzene rings is 2. The molecule has 2 fully saturated rings. The topological polar surface area (TPSA) is 72.9 Å². The number of anilines is 1. The smallest absolute Gasteiger partial charge is 0.475 e. The van der Waals surface area contributed by atoms with Gasteiger partial charge in [-0.2, -0.15) is 13.2 Å². The van der Waals surface area contributed by atoms with Gasteiger partial charge in [0.1, 0.15) is 0 Å². The monoisotopic (exact) mass is 533 g/mol. The van der Waals surface area contributed by atoms with Crippen molar-refractivity contribution in [2.45, 2.75) is 58.2 Å². The number of aryl methyl sites for hydroxylation is 1. The zero-order valence-electron chi connectivity index (χ0n) is 22.0. The summed E-state index contributed by atoms with van der Waals surface area (Å²) in [4.78, 5) is 26.7. The molecule has 2 aromatic carbocycles. The lowest BCUT2D eigenvalue weighted by Crippen LogP contribution is -2.34. The van der Waals surface area contributed by atoms with Crippen molar-refractivity contribution in [2.75, 3.05) is 38.0 Å². The van der Waals surface area contributed by atoms with Gasteiger partial charge in [-0.05, 0) is 75.0 Å². The number of aliphatic carboxylic acids is 1. The summed E-state index contributed by atoms with van der Waals surface area (Å²) >= 11 is 0. The minimum absolute atomic E-state index is 0.0523. The molecule has 2 aromatic rings. The highest BCUT2D eigenvalue weighted by Gasteiger charge is 2.38. The van der Waals surface area contributed by atoms with Gasteiger partial charge in [0.15, 0.2) is 0 Å². The maximum absolute atomic E-state index is 12.5. The van der Waals surface area contributed by atoms with E-state index < -0.39 is 12.1 Å². The molecule has 4 rings (SSSR count). The van der Waals surface area contributed by atoms with Crippen molar-refractivity contribution < 1.29 is 27.9 Å². The average molecular weight is 534 g/mol. The lowest BCUT2D eigenvalue weighted by atomic mass is 9.89. The van der Waals surface area contributed by atoms with Crippen molar-refractivity contribution in [3.63, 3.8) is 0 Å². The van der Waals surface area contributed by atoms with Crippen molar-refractivity contribution in [3.05, 3.63) is 65.2 Å². The first-order valence-electron chi connectivity index (χ1n) is 13.3. The Hall–Kier alpha value is -2.91. The molecule has 0 bridgehead atoms.